The van der Waals surface area contributed by atoms with Crippen LogP contribution in [0.1, 0.15) is 18.1 Å². The van der Waals surface area contributed by atoms with E-state index in [1.165, 1.54) is 0 Å². The van der Waals surface area contributed by atoms with E-state index in [0.29, 0.717) is 31.3 Å². The molecule has 2 fully saturated rings. The number of hydrogen-bond donors (Lipinski definition) is 1. The SMILES string of the molecule is CC1CN(c2ccc(C#N)c3ncccc23)CC2COc3cc(N4C[C@@H](N)[C@@H](F)C4)ccc3CN12. The molecular formula is C27H29FN6O. The lowest BCUT2D eigenvalue weighted by atomic mass is 10.0. The zero-order chi connectivity index (χ0) is 24.1. The molecule has 2 saturated heterocycles. The van der Waals surface area contributed by atoms with E-state index in [-0.39, 0.29) is 6.04 Å². The van der Waals surface area contributed by atoms with Crippen molar-refractivity contribution in [3.63, 3.8) is 0 Å². The minimum Gasteiger partial charge on any atom is -0.491 e. The second-order valence-corrected chi connectivity index (χ2v) is 9.91. The summed E-state index contributed by atoms with van der Waals surface area (Å²) in [6.45, 7) is 6.21. The second-order valence-electron chi connectivity index (χ2n) is 9.91. The summed E-state index contributed by atoms with van der Waals surface area (Å²) in [5.74, 6) is 0.875. The maximum atomic E-state index is 14.0. The van der Waals surface area contributed by atoms with Gasteiger partial charge in [0.2, 0.25) is 0 Å². The summed E-state index contributed by atoms with van der Waals surface area (Å²) < 4.78 is 20.3. The summed E-state index contributed by atoms with van der Waals surface area (Å²) >= 11 is 0. The van der Waals surface area contributed by atoms with Gasteiger partial charge in [0.15, 0.2) is 0 Å². The van der Waals surface area contributed by atoms with Gasteiger partial charge in [-0.3, -0.25) is 9.88 Å². The molecule has 3 aliphatic rings. The van der Waals surface area contributed by atoms with Crippen LogP contribution in [0.25, 0.3) is 10.9 Å². The Kier molecular flexibility index (Phi) is 5.47. The number of benzene rings is 2. The second kappa shape index (κ2) is 8.67. The Bertz CT molecular complexity index is 1300. The van der Waals surface area contributed by atoms with Crippen LogP contribution in [0.15, 0.2) is 48.7 Å². The Morgan fingerprint density at radius 2 is 2.00 bits per heavy atom. The average Bonchev–Trinajstić information content (AvgIpc) is 3.10. The molecule has 2 N–H and O–H groups in total. The van der Waals surface area contributed by atoms with Crippen LogP contribution in [0, 0.1) is 11.3 Å². The first-order valence-electron chi connectivity index (χ1n) is 12.2. The number of alkyl halides is 1. The zero-order valence-electron chi connectivity index (χ0n) is 19.8. The molecule has 0 aliphatic carbocycles. The molecule has 0 bridgehead atoms. The molecule has 8 heteroatoms. The first-order valence-corrected chi connectivity index (χ1v) is 12.2. The van der Waals surface area contributed by atoms with Gasteiger partial charge in [-0.25, -0.2) is 4.39 Å². The number of ether oxygens (including phenoxy) is 1. The lowest BCUT2D eigenvalue weighted by Gasteiger charge is -2.45. The van der Waals surface area contributed by atoms with E-state index in [1.807, 2.05) is 35.2 Å². The number of fused-ring (bicyclic) bond motifs is 3. The first-order chi connectivity index (χ1) is 17.0. The molecule has 35 heavy (non-hydrogen) atoms. The van der Waals surface area contributed by atoms with Crippen molar-refractivity contribution in [2.45, 2.75) is 37.8 Å². The number of hydrogen-bond acceptors (Lipinski definition) is 7. The Morgan fingerprint density at radius 1 is 1.11 bits per heavy atom. The fourth-order valence-corrected chi connectivity index (χ4v) is 5.76. The fraction of sp³-hybridized carbons (Fsp3) is 0.407. The first kappa shape index (κ1) is 22.1. The van der Waals surface area contributed by atoms with Gasteiger partial charge in [0.1, 0.15) is 24.6 Å². The predicted molar refractivity (Wildman–Crippen MR) is 134 cm³/mol. The molecule has 2 aromatic carbocycles. The van der Waals surface area contributed by atoms with Gasteiger partial charge in [-0.2, -0.15) is 5.26 Å². The highest BCUT2D eigenvalue weighted by atomic mass is 19.1. The minimum absolute atomic E-state index is 0.215. The van der Waals surface area contributed by atoms with Crippen molar-refractivity contribution in [2.24, 2.45) is 5.73 Å². The average molecular weight is 473 g/mol. The summed E-state index contributed by atoms with van der Waals surface area (Å²) in [6, 6.07) is 16.4. The molecule has 3 aromatic rings. The van der Waals surface area contributed by atoms with E-state index in [0.717, 1.165) is 53.2 Å². The number of pyridine rings is 1. The molecule has 0 saturated carbocycles. The molecule has 6 rings (SSSR count). The molecule has 0 spiro atoms. The molecule has 4 atom stereocenters. The lowest BCUT2D eigenvalue weighted by Crippen LogP contribution is -2.58. The standard InChI is InChI=1S/C27H29FN6O/c1-17-11-33(25-7-5-18(10-29)27-22(25)3-2-8-31-27)13-21-16-35-26-9-20(6-4-19(26)12-34(17)21)32-14-23(28)24(30)15-32/h2-9,17,21,23-24H,11-16,30H2,1H3/t17?,21?,23-,24+/m0/s1. The number of aromatic nitrogens is 1. The van der Waals surface area contributed by atoms with Gasteiger partial charge in [0.05, 0.1) is 29.7 Å². The molecule has 180 valence electrons. The number of piperazine rings is 1. The van der Waals surface area contributed by atoms with E-state index in [9.17, 15) is 9.65 Å². The molecule has 0 radical (unpaired) electrons. The highest BCUT2D eigenvalue weighted by Crippen LogP contribution is 2.36. The maximum absolute atomic E-state index is 14.0. The normalized spacial score (nSPS) is 26.6. The number of anilines is 2. The van der Waals surface area contributed by atoms with Crippen molar-refractivity contribution in [3.8, 4) is 11.8 Å². The quantitative estimate of drug-likeness (QED) is 0.614. The summed E-state index contributed by atoms with van der Waals surface area (Å²) in [6.07, 6.45) is 0.742. The summed E-state index contributed by atoms with van der Waals surface area (Å²) in [5, 5.41) is 10.5. The van der Waals surface area contributed by atoms with Crippen molar-refractivity contribution in [2.75, 3.05) is 42.6 Å². The zero-order valence-corrected chi connectivity index (χ0v) is 19.8. The van der Waals surface area contributed by atoms with Gasteiger partial charge in [-0.05, 0) is 37.3 Å². The van der Waals surface area contributed by atoms with E-state index >= 15 is 0 Å². The van der Waals surface area contributed by atoms with Gasteiger partial charge in [0.25, 0.3) is 0 Å². The van der Waals surface area contributed by atoms with E-state index < -0.39 is 12.2 Å². The number of rotatable bonds is 2. The van der Waals surface area contributed by atoms with Crippen molar-refractivity contribution < 1.29 is 9.13 Å². The predicted octanol–water partition coefficient (Wildman–Crippen LogP) is 3.06. The summed E-state index contributed by atoms with van der Waals surface area (Å²) in [5.41, 5.74) is 10.5. The Labute approximate surface area is 204 Å². The van der Waals surface area contributed by atoms with E-state index in [4.69, 9.17) is 10.5 Å². The van der Waals surface area contributed by atoms with Crippen LogP contribution in [-0.4, -0.2) is 67.0 Å². The molecule has 4 heterocycles. The third-order valence-electron chi connectivity index (χ3n) is 7.65. The summed E-state index contributed by atoms with van der Waals surface area (Å²) in [4.78, 5) is 11.4. The van der Waals surface area contributed by atoms with Crippen LogP contribution < -0.4 is 20.3 Å². The molecule has 0 amide bonds. The van der Waals surface area contributed by atoms with Crippen LogP contribution in [-0.2, 0) is 6.54 Å². The Balaban J connectivity index is 1.26. The molecule has 2 unspecified atom stereocenters. The number of halogens is 1. The van der Waals surface area contributed by atoms with Crippen molar-refractivity contribution in [1.82, 2.24) is 9.88 Å². The van der Waals surface area contributed by atoms with Crippen molar-refractivity contribution in [1.29, 1.82) is 5.26 Å². The third-order valence-corrected chi connectivity index (χ3v) is 7.65. The van der Waals surface area contributed by atoms with Gasteiger partial charge in [-0.15, -0.1) is 0 Å². The third kappa shape index (κ3) is 3.85. The highest BCUT2D eigenvalue weighted by molar-refractivity contribution is 5.95. The minimum atomic E-state index is -0.996. The Morgan fingerprint density at radius 3 is 2.80 bits per heavy atom. The monoisotopic (exact) mass is 472 g/mol. The molecule has 7 nitrogen and oxygen atoms in total. The molecule has 3 aliphatic heterocycles. The number of nitrogens with zero attached hydrogens (tertiary/aromatic N) is 5. The van der Waals surface area contributed by atoms with E-state index in [1.54, 1.807) is 6.20 Å². The van der Waals surface area contributed by atoms with Crippen LogP contribution in [0.3, 0.4) is 0 Å². The highest BCUT2D eigenvalue weighted by Gasteiger charge is 2.36. The Hall–Kier alpha value is -3.41. The fourth-order valence-electron chi connectivity index (χ4n) is 5.76. The van der Waals surface area contributed by atoms with Crippen LogP contribution >= 0.6 is 0 Å². The number of nitriles is 1. The van der Waals surface area contributed by atoms with Gasteiger partial charge in [0, 0.05) is 66.8 Å². The van der Waals surface area contributed by atoms with E-state index in [2.05, 4.69) is 39.9 Å². The van der Waals surface area contributed by atoms with Gasteiger partial charge < -0.3 is 20.3 Å². The lowest BCUT2D eigenvalue weighted by molar-refractivity contribution is 0.0892. The number of nitrogens with two attached hydrogens (primary N) is 1. The van der Waals surface area contributed by atoms with Gasteiger partial charge >= 0.3 is 0 Å². The topological polar surface area (TPSA) is 81.7 Å². The van der Waals surface area contributed by atoms with Crippen LogP contribution in [0.5, 0.6) is 5.75 Å². The van der Waals surface area contributed by atoms with Gasteiger partial charge in [-0.1, -0.05) is 6.07 Å². The maximum Gasteiger partial charge on any atom is 0.134 e. The molecular weight excluding hydrogens is 443 g/mol. The van der Waals surface area contributed by atoms with Crippen molar-refractivity contribution in [3.05, 3.63) is 59.8 Å². The smallest absolute Gasteiger partial charge is 0.134 e. The summed E-state index contributed by atoms with van der Waals surface area (Å²) in [7, 11) is 0. The van der Waals surface area contributed by atoms with Crippen LogP contribution in [0.4, 0.5) is 15.8 Å². The van der Waals surface area contributed by atoms with Crippen LogP contribution in [0.2, 0.25) is 0 Å². The van der Waals surface area contributed by atoms with Crippen molar-refractivity contribution >= 4 is 22.3 Å². The molecule has 1 aromatic heterocycles. The largest absolute Gasteiger partial charge is 0.491 e.